The number of amides is 3. The first-order valence-corrected chi connectivity index (χ1v) is 7.95. The highest BCUT2D eigenvalue weighted by atomic mass is 32.1. The van der Waals surface area contributed by atoms with Gasteiger partial charge in [0.15, 0.2) is 0 Å². The fraction of sp³-hybridized carbons (Fsp3) is 0.500. The Balaban J connectivity index is 1.51. The van der Waals surface area contributed by atoms with Crippen LogP contribution < -0.4 is 5.32 Å². The molecule has 3 amide bonds. The average Bonchev–Trinajstić information content (AvgIpc) is 3.15. The highest BCUT2D eigenvalue weighted by Gasteiger charge is 2.31. The van der Waals surface area contributed by atoms with Crippen molar-refractivity contribution in [3.05, 3.63) is 22.4 Å². The van der Waals surface area contributed by atoms with Gasteiger partial charge >= 0.3 is 11.8 Å². The van der Waals surface area contributed by atoms with Crippen LogP contribution in [-0.4, -0.2) is 59.7 Å². The van der Waals surface area contributed by atoms with Crippen LogP contribution >= 0.6 is 11.3 Å². The molecule has 2 fully saturated rings. The molecule has 2 heterocycles. The number of hydrogen-bond donors (Lipinski definition) is 1. The molecule has 0 atom stereocenters. The molecule has 6 nitrogen and oxygen atoms in total. The van der Waals surface area contributed by atoms with Crippen molar-refractivity contribution in [2.24, 2.45) is 0 Å². The van der Waals surface area contributed by atoms with E-state index in [9.17, 15) is 14.4 Å². The molecule has 1 N–H and O–H groups in total. The Morgan fingerprint density at radius 1 is 1.10 bits per heavy atom. The van der Waals surface area contributed by atoms with Crippen LogP contribution in [-0.2, 0) is 9.59 Å². The summed E-state index contributed by atoms with van der Waals surface area (Å²) in [4.78, 5) is 39.8. The zero-order valence-corrected chi connectivity index (χ0v) is 12.4. The van der Waals surface area contributed by atoms with Gasteiger partial charge in [-0.25, -0.2) is 0 Å². The van der Waals surface area contributed by atoms with Gasteiger partial charge in [-0.3, -0.25) is 14.4 Å². The lowest BCUT2D eigenvalue weighted by Crippen LogP contribution is -2.54. The molecule has 21 heavy (non-hydrogen) atoms. The number of hydrogen-bond acceptors (Lipinski definition) is 4. The molecule has 7 heteroatoms. The van der Waals surface area contributed by atoms with Crippen molar-refractivity contribution in [2.45, 2.75) is 18.9 Å². The van der Waals surface area contributed by atoms with Gasteiger partial charge in [-0.05, 0) is 24.3 Å². The Morgan fingerprint density at radius 2 is 1.76 bits per heavy atom. The Morgan fingerprint density at radius 3 is 2.33 bits per heavy atom. The molecule has 1 aromatic rings. The van der Waals surface area contributed by atoms with Gasteiger partial charge in [-0.1, -0.05) is 6.07 Å². The van der Waals surface area contributed by atoms with E-state index < -0.39 is 11.8 Å². The molecule has 0 radical (unpaired) electrons. The van der Waals surface area contributed by atoms with Crippen molar-refractivity contribution in [1.82, 2.24) is 15.1 Å². The van der Waals surface area contributed by atoms with E-state index in [0.717, 1.165) is 12.8 Å². The Bertz CT molecular complexity index is 546. The quantitative estimate of drug-likeness (QED) is 0.800. The number of carbonyl (C=O) groups is 3. The first kappa shape index (κ1) is 14.1. The molecule has 0 aromatic carbocycles. The fourth-order valence-corrected chi connectivity index (χ4v) is 2.98. The van der Waals surface area contributed by atoms with Gasteiger partial charge in [-0.15, -0.1) is 11.3 Å². The SMILES string of the molecule is O=C(NC1CC1)C(=O)N1CCN(C(=O)c2cccs2)CC1. The van der Waals surface area contributed by atoms with E-state index in [1.807, 2.05) is 11.4 Å². The summed E-state index contributed by atoms with van der Waals surface area (Å²) in [6, 6.07) is 3.83. The lowest BCUT2D eigenvalue weighted by molar-refractivity contribution is -0.146. The van der Waals surface area contributed by atoms with Crippen LogP contribution in [0.25, 0.3) is 0 Å². The van der Waals surface area contributed by atoms with Gasteiger partial charge in [-0.2, -0.15) is 0 Å². The van der Waals surface area contributed by atoms with E-state index in [2.05, 4.69) is 5.32 Å². The second kappa shape index (κ2) is 5.85. The number of nitrogens with zero attached hydrogens (tertiary/aromatic N) is 2. The molecular weight excluding hydrogens is 290 g/mol. The Kier molecular flexibility index (Phi) is 3.92. The second-order valence-electron chi connectivity index (χ2n) is 5.31. The molecule has 3 rings (SSSR count). The molecular formula is C14H17N3O3S. The predicted molar refractivity (Wildman–Crippen MR) is 78.0 cm³/mol. The van der Waals surface area contributed by atoms with Crippen LogP contribution in [0.5, 0.6) is 0 Å². The summed E-state index contributed by atoms with van der Waals surface area (Å²) in [5.41, 5.74) is 0. The van der Waals surface area contributed by atoms with Crippen LogP contribution in [0.4, 0.5) is 0 Å². The lowest BCUT2D eigenvalue weighted by atomic mass is 10.3. The third-order valence-electron chi connectivity index (χ3n) is 3.69. The third kappa shape index (κ3) is 3.24. The topological polar surface area (TPSA) is 69.7 Å². The number of piperazine rings is 1. The summed E-state index contributed by atoms with van der Waals surface area (Å²) in [7, 11) is 0. The van der Waals surface area contributed by atoms with Gasteiger partial charge in [0.05, 0.1) is 4.88 Å². The first-order valence-electron chi connectivity index (χ1n) is 7.07. The minimum absolute atomic E-state index is 0.000434. The van der Waals surface area contributed by atoms with Crippen molar-refractivity contribution in [3.8, 4) is 0 Å². The molecule has 0 unspecified atom stereocenters. The van der Waals surface area contributed by atoms with Gasteiger partial charge in [0.1, 0.15) is 0 Å². The zero-order valence-electron chi connectivity index (χ0n) is 11.6. The summed E-state index contributed by atoms with van der Waals surface area (Å²) < 4.78 is 0. The van der Waals surface area contributed by atoms with E-state index in [0.29, 0.717) is 31.1 Å². The molecule has 2 aliphatic rings. The van der Waals surface area contributed by atoms with Crippen LogP contribution in [0.2, 0.25) is 0 Å². The van der Waals surface area contributed by atoms with Crippen LogP contribution in [0.15, 0.2) is 17.5 Å². The minimum Gasteiger partial charge on any atom is -0.345 e. The summed E-state index contributed by atoms with van der Waals surface area (Å²) in [5.74, 6) is -1.000. The van der Waals surface area contributed by atoms with E-state index in [-0.39, 0.29) is 11.9 Å². The zero-order chi connectivity index (χ0) is 14.8. The summed E-state index contributed by atoms with van der Waals surface area (Å²) in [5, 5.41) is 4.57. The lowest BCUT2D eigenvalue weighted by Gasteiger charge is -2.34. The van der Waals surface area contributed by atoms with Crippen LogP contribution in [0, 0.1) is 0 Å². The van der Waals surface area contributed by atoms with Gasteiger partial charge in [0, 0.05) is 32.2 Å². The predicted octanol–water partition coefficient (Wildman–Crippen LogP) is 0.311. The van der Waals surface area contributed by atoms with Crippen LogP contribution in [0.3, 0.4) is 0 Å². The summed E-state index contributed by atoms with van der Waals surface area (Å²) in [6.45, 7) is 1.76. The first-order chi connectivity index (χ1) is 10.1. The molecule has 0 spiro atoms. The summed E-state index contributed by atoms with van der Waals surface area (Å²) >= 11 is 1.41. The Hall–Kier alpha value is -1.89. The normalized spacial score (nSPS) is 18.5. The molecule has 1 saturated carbocycles. The molecule has 0 bridgehead atoms. The maximum Gasteiger partial charge on any atom is 0.312 e. The third-order valence-corrected chi connectivity index (χ3v) is 4.55. The van der Waals surface area contributed by atoms with E-state index >= 15 is 0 Å². The minimum atomic E-state index is -0.518. The molecule has 112 valence electrons. The Labute approximate surface area is 126 Å². The van der Waals surface area contributed by atoms with E-state index in [1.54, 1.807) is 11.0 Å². The maximum absolute atomic E-state index is 12.2. The highest BCUT2D eigenvalue weighted by molar-refractivity contribution is 7.12. The van der Waals surface area contributed by atoms with Gasteiger partial charge < -0.3 is 15.1 Å². The molecule has 1 aromatic heterocycles. The van der Waals surface area contributed by atoms with E-state index in [4.69, 9.17) is 0 Å². The number of rotatable bonds is 2. The van der Waals surface area contributed by atoms with Gasteiger partial charge in [0.25, 0.3) is 5.91 Å². The largest absolute Gasteiger partial charge is 0.345 e. The number of thiophene rings is 1. The van der Waals surface area contributed by atoms with Crippen molar-refractivity contribution in [1.29, 1.82) is 0 Å². The highest BCUT2D eigenvalue weighted by Crippen LogP contribution is 2.18. The number of nitrogens with one attached hydrogen (secondary N) is 1. The molecule has 1 aliphatic heterocycles. The van der Waals surface area contributed by atoms with Crippen molar-refractivity contribution < 1.29 is 14.4 Å². The van der Waals surface area contributed by atoms with E-state index in [1.165, 1.54) is 16.2 Å². The smallest absolute Gasteiger partial charge is 0.312 e. The number of carbonyl (C=O) groups excluding carboxylic acids is 3. The van der Waals surface area contributed by atoms with Crippen LogP contribution in [0.1, 0.15) is 22.5 Å². The standard InChI is InChI=1S/C14H17N3O3S/c18-12(15-10-3-4-10)14(20)17-7-5-16(6-8-17)13(19)11-2-1-9-21-11/h1-2,9-10H,3-8H2,(H,15,18). The summed E-state index contributed by atoms with van der Waals surface area (Å²) in [6.07, 6.45) is 1.92. The maximum atomic E-state index is 12.2. The van der Waals surface area contributed by atoms with Crippen molar-refractivity contribution in [3.63, 3.8) is 0 Å². The molecule has 1 saturated heterocycles. The van der Waals surface area contributed by atoms with Crippen molar-refractivity contribution >= 4 is 29.1 Å². The second-order valence-corrected chi connectivity index (χ2v) is 6.26. The monoisotopic (exact) mass is 307 g/mol. The fourth-order valence-electron chi connectivity index (χ4n) is 2.29. The average molecular weight is 307 g/mol. The van der Waals surface area contributed by atoms with Gasteiger partial charge in [0.2, 0.25) is 0 Å². The molecule has 1 aliphatic carbocycles. The van der Waals surface area contributed by atoms with Crippen molar-refractivity contribution in [2.75, 3.05) is 26.2 Å².